The van der Waals surface area contributed by atoms with Gasteiger partial charge in [-0.15, -0.1) is 0 Å². The van der Waals surface area contributed by atoms with Crippen molar-refractivity contribution < 1.29 is 4.79 Å². The first-order valence-corrected chi connectivity index (χ1v) is 9.00. The number of aromatic amines is 1. The van der Waals surface area contributed by atoms with E-state index in [1.165, 1.54) is 10.6 Å². The molecule has 0 atom stereocenters. The van der Waals surface area contributed by atoms with Gasteiger partial charge in [0.2, 0.25) is 0 Å². The highest BCUT2D eigenvalue weighted by Crippen LogP contribution is 2.22. The maximum Gasteiger partial charge on any atom is 0.317 e. The number of urea groups is 1. The van der Waals surface area contributed by atoms with Crippen molar-refractivity contribution in [1.82, 2.24) is 35.1 Å². The van der Waals surface area contributed by atoms with E-state index >= 15 is 0 Å². The molecular weight excluding hydrogens is 330 g/mol. The zero-order valence-electron chi connectivity index (χ0n) is 16.3. The number of hydrogen-bond donors (Lipinski definition) is 2. The molecule has 0 aromatic carbocycles. The molecule has 0 saturated carbocycles. The van der Waals surface area contributed by atoms with Crippen molar-refractivity contribution in [3.8, 4) is 0 Å². The molecule has 8 heteroatoms. The average Bonchev–Trinajstić information content (AvgIpc) is 3.18. The highest BCUT2D eigenvalue weighted by molar-refractivity contribution is 5.73. The van der Waals surface area contributed by atoms with E-state index in [9.17, 15) is 4.79 Å². The Labute approximate surface area is 154 Å². The molecule has 8 nitrogen and oxygen atoms in total. The molecule has 2 amide bonds. The number of nitrogens with zero attached hydrogens (tertiary/aromatic N) is 5. The summed E-state index contributed by atoms with van der Waals surface area (Å²) < 4.78 is 2.04. The summed E-state index contributed by atoms with van der Waals surface area (Å²) in [6.45, 7) is 10.5. The second-order valence-electron chi connectivity index (χ2n) is 8.14. The number of aromatic nitrogens is 4. The van der Waals surface area contributed by atoms with Crippen molar-refractivity contribution in [1.29, 1.82) is 0 Å². The Kier molecular flexibility index (Phi) is 5.04. The molecule has 0 saturated heterocycles. The van der Waals surface area contributed by atoms with Crippen LogP contribution < -0.4 is 5.32 Å². The van der Waals surface area contributed by atoms with Gasteiger partial charge in [0.15, 0.2) is 0 Å². The fraction of sp³-hybridized carbons (Fsp3) is 0.611. The Balaban J connectivity index is 1.59. The Morgan fingerprint density at radius 2 is 2.08 bits per heavy atom. The van der Waals surface area contributed by atoms with Crippen molar-refractivity contribution in [3.05, 3.63) is 34.9 Å². The van der Waals surface area contributed by atoms with Crippen molar-refractivity contribution in [3.63, 3.8) is 0 Å². The van der Waals surface area contributed by atoms with Crippen LogP contribution in [0.25, 0.3) is 0 Å². The Bertz CT molecular complexity index is 769. The number of rotatable bonds is 4. The molecule has 0 aliphatic carbocycles. The highest BCUT2D eigenvalue weighted by Gasteiger charge is 2.21. The summed E-state index contributed by atoms with van der Waals surface area (Å²) in [4.78, 5) is 15.6. The van der Waals surface area contributed by atoms with E-state index < -0.39 is 0 Å². The number of amides is 2. The first-order chi connectivity index (χ1) is 12.2. The molecule has 0 spiro atoms. The zero-order valence-corrected chi connectivity index (χ0v) is 16.3. The summed E-state index contributed by atoms with van der Waals surface area (Å²) in [5.41, 5.74) is 4.37. The Hall–Kier alpha value is -2.35. The van der Waals surface area contributed by atoms with Crippen LogP contribution in [0.3, 0.4) is 0 Å². The van der Waals surface area contributed by atoms with Gasteiger partial charge in [0.25, 0.3) is 0 Å². The van der Waals surface area contributed by atoms with Crippen molar-refractivity contribution in [2.75, 3.05) is 20.6 Å². The summed E-state index contributed by atoms with van der Waals surface area (Å²) in [5.74, 6) is 0. The van der Waals surface area contributed by atoms with Gasteiger partial charge in [-0.2, -0.15) is 10.2 Å². The Morgan fingerprint density at radius 3 is 2.73 bits per heavy atom. The second kappa shape index (κ2) is 7.11. The third kappa shape index (κ3) is 4.24. The summed E-state index contributed by atoms with van der Waals surface area (Å²) in [6.07, 6.45) is 0. The average molecular weight is 359 g/mol. The maximum atomic E-state index is 11.6. The number of H-pyrrole nitrogens is 1. The summed E-state index contributed by atoms with van der Waals surface area (Å²) in [6, 6.07) is 4.13. The van der Waals surface area contributed by atoms with Gasteiger partial charge in [0, 0.05) is 44.8 Å². The molecular formula is C18H29N7O. The molecule has 0 unspecified atom stereocenters. The van der Waals surface area contributed by atoms with Gasteiger partial charge in [-0.1, -0.05) is 20.8 Å². The third-order valence-corrected chi connectivity index (χ3v) is 4.55. The minimum absolute atomic E-state index is 0.0567. The van der Waals surface area contributed by atoms with E-state index in [1.807, 2.05) is 4.68 Å². The quantitative estimate of drug-likeness (QED) is 0.870. The van der Waals surface area contributed by atoms with E-state index in [1.54, 1.807) is 14.1 Å². The van der Waals surface area contributed by atoms with E-state index in [4.69, 9.17) is 0 Å². The third-order valence-electron chi connectivity index (χ3n) is 4.55. The van der Waals surface area contributed by atoms with Crippen LogP contribution in [-0.4, -0.2) is 56.4 Å². The fourth-order valence-electron chi connectivity index (χ4n) is 2.99. The van der Waals surface area contributed by atoms with E-state index in [0.29, 0.717) is 6.54 Å². The molecule has 0 bridgehead atoms. The summed E-state index contributed by atoms with van der Waals surface area (Å²) >= 11 is 0. The van der Waals surface area contributed by atoms with Crippen LogP contribution in [0.1, 0.15) is 43.5 Å². The topological polar surface area (TPSA) is 82.1 Å². The lowest BCUT2D eigenvalue weighted by Gasteiger charge is -2.26. The maximum absolute atomic E-state index is 11.6. The molecule has 2 N–H and O–H groups in total. The summed E-state index contributed by atoms with van der Waals surface area (Å²) in [7, 11) is 3.46. The summed E-state index contributed by atoms with van der Waals surface area (Å²) in [5, 5.41) is 15.1. The van der Waals surface area contributed by atoms with Crippen LogP contribution in [0.4, 0.5) is 4.79 Å². The molecule has 26 heavy (non-hydrogen) atoms. The van der Waals surface area contributed by atoms with Gasteiger partial charge in [-0.05, 0) is 12.1 Å². The van der Waals surface area contributed by atoms with Gasteiger partial charge in [-0.3, -0.25) is 14.7 Å². The number of hydrogen-bond acceptors (Lipinski definition) is 4. The van der Waals surface area contributed by atoms with E-state index in [0.717, 1.165) is 43.3 Å². The van der Waals surface area contributed by atoms with Crippen molar-refractivity contribution >= 4 is 6.03 Å². The predicted molar refractivity (Wildman–Crippen MR) is 99.6 cm³/mol. The molecule has 0 fully saturated rings. The lowest BCUT2D eigenvalue weighted by atomic mass is 9.92. The molecule has 1 aliphatic heterocycles. The smallest absolute Gasteiger partial charge is 0.317 e. The number of carbonyl (C=O) groups is 1. The van der Waals surface area contributed by atoms with Crippen molar-refractivity contribution in [2.24, 2.45) is 0 Å². The largest absolute Gasteiger partial charge is 0.332 e. The van der Waals surface area contributed by atoms with Crippen LogP contribution in [0.15, 0.2) is 12.1 Å². The fourth-order valence-corrected chi connectivity index (χ4v) is 2.99. The van der Waals surface area contributed by atoms with Crippen LogP contribution >= 0.6 is 0 Å². The SMILES string of the molecule is CN(C)C(=O)NCc1cc2n(n1)CCN(Cc1cc(C(C)(C)C)n[nH]1)C2. The first-order valence-electron chi connectivity index (χ1n) is 9.00. The van der Waals surface area contributed by atoms with Gasteiger partial charge >= 0.3 is 6.03 Å². The van der Waals surface area contributed by atoms with Crippen LogP contribution in [0, 0.1) is 0 Å². The minimum atomic E-state index is -0.105. The van der Waals surface area contributed by atoms with E-state index in [2.05, 4.69) is 58.4 Å². The monoisotopic (exact) mass is 359 g/mol. The molecule has 1 aliphatic rings. The second-order valence-corrected chi connectivity index (χ2v) is 8.14. The molecule has 0 radical (unpaired) electrons. The molecule has 2 aromatic rings. The molecule has 142 valence electrons. The van der Waals surface area contributed by atoms with Crippen LogP contribution in [0.2, 0.25) is 0 Å². The van der Waals surface area contributed by atoms with Crippen LogP contribution in [0.5, 0.6) is 0 Å². The zero-order chi connectivity index (χ0) is 18.9. The molecule has 2 aromatic heterocycles. The lowest BCUT2D eigenvalue weighted by Crippen LogP contribution is -2.34. The minimum Gasteiger partial charge on any atom is -0.332 e. The molecule has 3 heterocycles. The predicted octanol–water partition coefficient (Wildman–Crippen LogP) is 1.69. The van der Waals surface area contributed by atoms with Gasteiger partial charge in [0.05, 0.1) is 30.2 Å². The number of fused-ring (bicyclic) bond motifs is 1. The standard InChI is InChI=1S/C18H29N7O/c1-18(2,3)16-9-14(20-21-16)11-24-6-7-25-15(12-24)8-13(22-25)10-19-17(26)23(4)5/h8-9H,6-7,10-12H2,1-5H3,(H,19,26)(H,20,21). The van der Waals surface area contributed by atoms with Crippen molar-refractivity contribution in [2.45, 2.75) is 52.4 Å². The van der Waals surface area contributed by atoms with Crippen LogP contribution in [-0.2, 0) is 31.6 Å². The Morgan fingerprint density at radius 1 is 1.31 bits per heavy atom. The van der Waals surface area contributed by atoms with Gasteiger partial charge < -0.3 is 10.2 Å². The first kappa shape index (κ1) is 18.4. The van der Waals surface area contributed by atoms with Gasteiger partial charge in [0.1, 0.15) is 0 Å². The number of carbonyl (C=O) groups excluding carboxylic acids is 1. The van der Waals surface area contributed by atoms with Gasteiger partial charge in [-0.25, -0.2) is 4.79 Å². The van der Waals surface area contributed by atoms with E-state index in [-0.39, 0.29) is 11.4 Å². The highest BCUT2D eigenvalue weighted by atomic mass is 16.2. The lowest BCUT2D eigenvalue weighted by molar-refractivity contribution is 0.202. The molecule has 3 rings (SSSR count). The normalized spacial score (nSPS) is 15.0. The number of nitrogens with one attached hydrogen (secondary N) is 2.